The van der Waals surface area contributed by atoms with Crippen LogP contribution in [0.5, 0.6) is 0 Å². The summed E-state index contributed by atoms with van der Waals surface area (Å²) in [7, 11) is 3.85. The lowest BCUT2D eigenvalue weighted by molar-refractivity contribution is -0.135. The Morgan fingerprint density at radius 3 is 2.68 bits per heavy atom. The minimum atomic E-state index is -0.734. The van der Waals surface area contributed by atoms with E-state index in [1.165, 1.54) is 0 Å². The van der Waals surface area contributed by atoms with Gasteiger partial charge in [0.1, 0.15) is 6.04 Å². The third-order valence-electron chi connectivity index (χ3n) is 3.75. The fourth-order valence-corrected chi connectivity index (χ4v) is 2.38. The summed E-state index contributed by atoms with van der Waals surface area (Å²) < 4.78 is 0. The van der Waals surface area contributed by atoms with Crippen LogP contribution in [0.25, 0.3) is 0 Å². The van der Waals surface area contributed by atoms with Gasteiger partial charge in [-0.25, -0.2) is 0 Å². The summed E-state index contributed by atoms with van der Waals surface area (Å²) in [6, 6.07) is 6.52. The van der Waals surface area contributed by atoms with Crippen LogP contribution >= 0.6 is 11.6 Å². The molecule has 0 aromatic heterocycles. The molecule has 7 nitrogen and oxygen atoms in total. The number of carbonyl (C=O) groups is 2. The van der Waals surface area contributed by atoms with E-state index in [2.05, 4.69) is 15.8 Å². The van der Waals surface area contributed by atoms with Crippen LogP contribution in [0.2, 0.25) is 5.02 Å². The van der Waals surface area contributed by atoms with E-state index < -0.39 is 12.1 Å². The molecule has 2 amide bonds. The minimum Gasteiger partial charge on any atom is -0.382 e. The van der Waals surface area contributed by atoms with Crippen molar-refractivity contribution in [3.05, 3.63) is 34.9 Å². The highest BCUT2D eigenvalue weighted by molar-refractivity contribution is 6.30. The van der Waals surface area contributed by atoms with Gasteiger partial charge in [-0.2, -0.15) is 0 Å². The molecule has 0 saturated heterocycles. The van der Waals surface area contributed by atoms with E-state index >= 15 is 0 Å². The molecule has 1 heterocycles. The van der Waals surface area contributed by atoms with Crippen molar-refractivity contribution in [1.29, 1.82) is 0 Å². The molecular weight excluding hydrogens is 344 g/mol. The molecule has 25 heavy (non-hydrogen) atoms. The summed E-state index contributed by atoms with van der Waals surface area (Å²) in [4.78, 5) is 31.4. The number of benzene rings is 1. The van der Waals surface area contributed by atoms with Crippen molar-refractivity contribution in [2.75, 3.05) is 27.2 Å². The maximum absolute atomic E-state index is 12.3. The van der Waals surface area contributed by atoms with E-state index in [-0.39, 0.29) is 11.8 Å². The highest BCUT2D eigenvalue weighted by Gasteiger charge is 2.30. The maximum Gasteiger partial charge on any atom is 0.264 e. The lowest BCUT2D eigenvalue weighted by atomic mass is 10.0. The van der Waals surface area contributed by atoms with Gasteiger partial charge < -0.3 is 20.4 Å². The third kappa shape index (κ3) is 5.72. The molecule has 0 saturated carbocycles. The van der Waals surface area contributed by atoms with Crippen LogP contribution in [-0.2, 0) is 14.4 Å². The standard InChI is InChI=1S/C17H23ClN4O3/c1-11(16(23)19-8-9-22(2)3)20-17(24)15-10-14(21-25-15)12-4-6-13(18)7-5-12/h4-7,11,15H,8-10H2,1-3H3,(H,19,23)(H,20,24)/t11-,15-/m1/s1. The van der Waals surface area contributed by atoms with Crippen molar-refractivity contribution < 1.29 is 14.4 Å². The van der Waals surface area contributed by atoms with Gasteiger partial charge >= 0.3 is 0 Å². The number of halogens is 1. The van der Waals surface area contributed by atoms with Gasteiger partial charge in [0, 0.05) is 24.5 Å². The first-order valence-electron chi connectivity index (χ1n) is 8.08. The number of nitrogens with zero attached hydrogens (tertiary/aromatic N) is 2. The number of oxime groups is 1. The molecule has 0 fully saturated rings. The van der Waals surface area contributed by atoms with Crippen molar-refractivity contribution in [1.82, 2.24) is 15.5 Å². The average molecular weight is 367 g/mol. The molecule has 1 aliphatic rings. The van der Waals surface area contributed by atoms with Crippen LogP contribution in [-0.4, -0.2) is 61.8 Å². The van der Waals surface area contributed by atoms with E-state index in [4.69, 9.17) is 16.4 Å². The summed E-state index contributed by atoms with van der Waals surface area (Å²) in [6.07, 6.45) is -0.384. The SMILES string of the molecule is C[C@@H](NC(=O)[C@H]1CC(c2ccc(Cl)cc2)=NO1)C(=O)NCCN(C)C. The van der Waals surface area contributed by atoms with E-state index in [1.54, 1.807) is 19.1 Å². The molecule has 136 valence electrons. The quantitative estimate of drug-likeness (QED) is 0.754. The number of rotatable bonds is 7. The largest absolute Gasteiger partial charge is 0.382 e. The smallest absolute Gasteiger partial charge is 0.264 e. The summed E-state index contributed by atoms with van der Waals surface area (Å²) in [5, 5.41) is 10.0. The maximum atomic E-state index is 12.3. The zero-order valence-electron chi connectivity index (χ0n) is 14.6. The first-order chi connectivity index (χ1) is 11.9. The monoisotopic (exact) mass is 366 g/mol. The highest BCUT2D eigenvalue weighted by Crippen LogP contribution is 2.18. The van der Waals surface area contributed by atoms with E-state index in [1.807, 2.05) is 31.1 Å². The average Bonchev–Trinajstić information content (AvgIpc) is 3.05. The summed E-state index contributed by atoms with van der Waals surface area (Å²) in [5.74, 6) is -0.588. The molecule has 1 aromatic carbocycles. The molecule has 2 atom stereocenters. The second-order valence-electron chi connectivity index (χ2n) is 6.17. The Kier molecular flexibility index (Phi) is 6.78. The van der Waals surface area contributed by atoms with Crippen LogP contribution in [0.4, 0.5) is 0 Å². The molecule has 0 bridgehead atoms. The van der Waals surface area contributed by atoms with E-state index in [0.717, 1.165) is 12.1 Å². The zero-order chi connectivity index (χ0) is 18.4. The van der Waals surface area contributed by atoms with Gasteiger partial charge in [-0.1, -0.05) is 28.9 Å². The Balaban J connectivity index is 1.80. The van der Waals surface area contributed by atoms with Crippen LogP contribution in [0.3, 0.4) is 0 Å². The van der Waals surface area contributed by atoms with E-state index in [9.17, 15) is 9.59 Å². The first kappa shape index (κ1) is 19.2. The number of carbonyl (C=O) groups excluding carboxylic acids is 2. The van der Waals surface area contributed by atoms with Crippen molar-refractivity contribution in [2.24, 2.45) is 5.16 Å². The molecule has 2 N–H and O–H groups in total. The number of nitrogens with one attached hydrogen (secondary N) is 2. The number of hydrogen-bond donors (Lipinski definition) is 2. The minimum absolute atomic E-state index is 0.230. The Bertz CT molecular complexity index is 646. The Morgan fingerprint density at radius 1 is 1.36 bits per heavy atom. The molecule has 1 aliphatic heterocycles. The highest BCUT2D eigenvalue weighted by atomic mass is 35.5. The Labute approximate surface area is 152 Å². The van der Waals surface area contributed by atoms with Crippen molar-refractivity contribution in [3.8, 4) is 0 Å². The third-order valence-corrected chi connectivity index (χ3v) is 4.00. The second-order valence-corrected chi connectivity index (χ2v) is 6.60. The molecule has 0 unspecified atom stereocenters. The van der Waals surface area contributed by atoms with Gasteiger partial charge in [-0.15, -0.1) is 0 Å². The van der Waals surface area contributed by atoms with Gasteiger partial charge in [0.25, 0.3) is 5.91 Å². The van der Waals surface area contributed by atoms with Gasteiger partial charge in [0.15, 0.2) is 0 Å². The molecule has 0 spiro atoms. The normalized spacial score (nSPS) is 17.6. The zero-order valence-corrected chi connectivity index (χ0v) is 15.3. The first-order valence-corrected chi connectivity index (χ1v) is 8.46. The van der Waals surface area contributed by atoms with Crippen LogP contribution in [0, 0.1) is 0 Å². The summed E-state index contributed by atoms with van der Waals surface area (Å²) in [5.41, 5.74) is 1.54. The van der Waals surface area contributed by atoms with Crippen LogP contribution < -0.4 is 10.6 Å². The van der Waals surface area contributed by atoms with Gasteiger partial charge in [-0.05, 0) is 38.7 Å². The molecular formula is C17H23ClN4O3. The fraction of sp³-hybridized carbons (Fsp3) is 0.471. The fourth-order valence-electron chi connectivity index (χ4n) is 2.26. The van der Waals surface area contributed by atoms with Crippen LogP contribution in [0.1, 0.15) is 18.9 Å². The molecule has 0 radical (unpaired) electrons. The molecule has 8 heteroatoms. The summed E-state index contributed by atoms with van der Waals surface area (Å²) in [6.45, 7) is 2.89. The predicted molar refractivity (Wildman–Crippen MR) is 96.6 cm³/mol. The lowest BCUT2D eigenvalue weighted by Crippen LogP contribution is -2.49. The topological polar surface area (TPSA) is 83.0 Å². The summed E-state index contributed by atoms with van der Waals surface area (Å²) >= 11 is 5.86. The number of hydrogen-bond acceptors (Lipinski definition) is 5. The van der Waals surface area contributed by atoms with Gasteiger partial charge in [0.05, 0.1) is 5.71 Å². The number of likely N-dealkylation sites (N-methyl/N-ethyl adjacent to an activating group) is 1. The number of amides is 2. The second kappa shape index (κ2) is 8.82. The van der Waals surface area contributed by atoms with Crippen LogP contribution in [0.15, 0.2) is 29.4 Å². The lowest BCUT2D eigenvalue weighted by Gasteiger charge is -2.17. The molecule has 1 aromatic rings. The van der Waals surface area contributed by atoms with E-state index in [0.29, 0.717) is 23.7 Å². The Hall–Kier alpha value is -2.12. The van der Waals surface area contributed by atoms with Crippen molar-refractivity contribution >= 4 is 29.1 Å². The molecule has 2 rings (SSSR count). The van der Waals surface area contributed by atoms with Gasteiger partial charge in [0.2, 0.25) is 12.0 Å². The van der Waals surface area contributed by atoms with Crippen molar-refractivity contribution in [3.63, 3.8) is 0 Å². The Morgan fingerprint density at radius 2 is 2.04 bits per heavy atom. The predicted octanol–water partition coefficient (Wildman–Crippen LogP) is 1.02. The molecule has 0 aliphatic carbocycles. The van der Waals surface area contributed by atoms with Gasteiger partial charge in [-0.3, -0.25) is 9.59 Å². The van der Waals surface area contributed by atoms with Crippen molar-refractivity contribution in [2.45, 2.75) is 25.5 Å².